The van der Waals surface area contributed by atoms with Crippen LogP contribution in [-0.4, -0.2) is 67.0 Å². The molecular formula is C16H28N4OS. The number of carbonyl (C=O) groups excluding carboxylic acids is 1. The summed E-state index contributed by atoms with van der Waals surface area (Å²) in [5.41, 5.74) is 1.09. The first kappa shape index (κ1) is 17.4. The van der Waals surface area contributed by atoms with Crippen molar-refractivity contribution in [3.05, 3.63) is 16.1 Å². The quantitative estimate of drug-likeness (QED) is 0.863. The van der Waals surface area contributed by atoms with E-state index < -0.39 is 0 Å². The smallest absolute Gasteiger partial charge is 0.221 e. The van der Waals surface area contributed by atoms with Crippen LogP contribution in [0.15, 0.2) is 5.38 Å². The molecule has 0 aliphatic carbocycles. The maximum Gasteiger partial charge on any atom is 0.221 e. The minimum atomic E-state index is 0.145. The number of carbonyl (C=O) groups is 1. The van der Waals surface area contributed by atoms with Crippen molar-refractivity contribution in [2.75, 3.05) is 40.3 Å². The zero-order chi connectivity index (χ0) is 16.1. The van der Waals surface area contributed by atoms with Crippen molar-refractivity contribution < 1.29 is 4.79 Å². The number of rotatable bonds is 6. The molecule has 0 spiro atoms. The van der Waals surface area contributed by atoms with Gasteiger partial charge in [0, 0.05) is 56.4 Å². The Labute approximate surface area is 137 Å². The first-order valence-corrected chi connectivity index (χ1v) is 8.93. The maximum atomic E-state index is 12.1. The molecule has 2 rings (SSSR count). The van der Waals surface area contributed by atoms with Gasteiger partial charge in [0.25, 0.3) is 0 Å². The Kier molecular flexibility index (Phi) is 6.35. The fourth-order valence-corrected chi connectivity index (χ4v) is 3.51. The predicted molar refractivity (Wildman–Crippen MR) is 91.4 cm³/mol. The third kappa shape index (κ3) is 5.04. The molecule has 1 aliphatic rings. The van der Waals surface area contributed by atoms with Gasteiger partial charge in [0.15, 0.2) is 0 Å². The number of thiazole rings is 1. The number of likely N-dealkylation sites (N-methyl/N-ethyl adjacent to an activating group) is 2. The lowest BCUT2D eigenvalue weighted by atomic mass is 10.1. The van der Waals surface area contributed by atoms with Crippen LogP contribution in [0, 0.1) is 0 Å². The average Bonchev–Trinajstić information content (AvgIpc) is 2.92. The Hall–Kier alpha value is -0.980. The van der Waals surface area contributed by atoms with Gasteiger partial charge >= 0.3 is 0 Å². The zero-order valence-electron chi connectivity index (χ0n) is 14.1. The third-order valence-corrected chi connectivity index (χ3v) is 5.36. The molecule has 1 aliphatic heterocycles. The second kappa shape index (κ2) is 8.04. The van der Waals surface area contributed by atoms with Crippen molar-refractivity contribution in [1.82, 2.24) is 20.1 Å². The summed E-state index contributed by atoms with van der Waals surface area (Å²) < 4.78 is 0. The summed E-state index contributed by atoms with van der Waals surface area (Å²) in [6, 6.07) is 0.325. The minimum absolute atomic E-state index is 0.145. The van der Waals surface area contributed by atoms with Crippen molar-refractivity contribution in [2.45, 2.75) is 38.6 Å². The lowest BCUT2D eigenvalue weighted by Gasteiger charge is -2.37. The van der Waals surface area contributed by atoms with E-state index in [1.165, 1.54) is 5.01 Å². The number of piperazine rings is 1. The SMILES string of the molecule is CC(C)c1nc(CCNC(=O)C[C@@H]2CN(C)CCN2C)cs1. The molecule has 1 atom stereocenters. The van der Waals surface area contributed by atoms with E-state index in [-0.39, 0.29) is 5.91 Å². The molecule has 0 saturated carbocycles. The van der Waals surface area contributed by atoms with E-state index in [0.717, 1.165) is 31.7 Å². The molecule has 1 N–H and O–H groups in total. The first-order valence-electron chi connectivity index (χ1n) is 8.05. The van der Waals surface area contributed by atoms with Gasteiger partial charge in [0.1, 0.15) is 0 Å². The van der Waals surface area contributed by atoms with Crippen LogP contribution in [0.1, 0.15) is 36.9 Å². The lowest BCUT2D eigenvalue weighted by Crippen LogP contribution is -2.51. The number of nitrogens with one attached hydrogen (secondary N) is 1. The van der Waals surface area contributed by atoms with Crippen molar-refractivity contribution in [3.63, 3.8) is 0 Å². The summed E-state index contributed by atoms with van der Waals surface area (Å²) in [7, 11) is 4.22. The molecular weight excluding hydrogens is 296 g/mol. The van der Waals surface area contributed by atoms with E-state index in [1.807, 2.05) is 0 Å². The van der Waals surface area contributed by atoms with E-state index >= 15 is 0 Å². The molecule has 1 fully saturated rings. The van der Waals surface area contributed by atoms with Gasteiger partial charge in [0.05, 0.1) is 10.7 Å². The molecule has 6 heteroatoms. The van der Waals surface area contributed by atoms with Crippen LogP contribution in [0.3, 0.4) is 0 Å². The van der Waals surface area contributed by atoms with Crippen molar-refractivity contribution in [3.8, 4) is 0 Å². The summed E-state index contributed by atoms with van der Waals surface area (Å²) in [6.07, 6.45) is 1.39. The Balaban J connectivity index is 1.71. The van der Waals surface area contributed by atoms with Crippen molar-refractivity contribution in [1.29, 1.82) is 0 Å². The Bertz CT molecular complexity index is 488. The van der Waals surface area contributed by atoms with E-state index in [4.69, 9.17) is 0 Å². The summed E-state index contributed by atoms with van der Waals surface area (Å²) in [5.74, 6) is 0.624. The number of nitrogens with zero attached hydrogens (tertiary/aromatic N) is 3. The average molecular weight is 324 g/mol. The van der Waals surface area contributed by atoms with Gasteiger partial charge in [-0.3, -0.25) is 4.79 Å². The summed E-state index contributed by atoms with van der Waals surface area (Å²) in [4.78, 5) is 21.3. The van der Waals surface area contributed by atoms with Crippen molar-refractivity contribution in [2.24, 2.45) is 0 Å². The molecule has 1 aromatic rings. The fourth-order valence-electron chi connectivity index (χ4n) is 2.64. The van der Waals surface area contributed by atoms with Gasteiger partial charge in [-0.2, -0.15) is 0 Å². The second-order valence-corrected chi connectivity index (χ2v) is 7.42. The monoisotopic (exact) mass is 324 g/mol. The minimum Gasteiger partial charge on any atom is -0.356 e. The van der Waals surface area contributed by atoms with E-state index in [2.05, 4.69) is 53.4 Å². The molecule has 2 heterocycles. The molecule has 124 valence electrons. The fraction of sp³-hybridized carbons (Fsp3) is 0.750. The second-order valence-electron chi connectivity index (χ2n) is 6.53. The van der Waals surface area contributed by atoms with Gasteiger partial charge in [-0.15, -0.1) is 11.3 Å². The first-order chi connectivity index (χ1) is 10.5. The molecule has 0 bridgehead atoms. The number of hydrogen-bond donors (Lipinski definition) is 1. The highest BCUT2D eigenvalue weighted by Crippen LogP contribution is 2.19. The van der Waals surface area contributed by atoms with E-state index in [9.17, 15) is 4.79 Å². The maximum absolute atomic E-state index is 12.1. The molecule has 1 amide bonds. The summed E-state index contributed by atoms with van der Waals surface area (Å²) >= 11 is 1.71. The van der Waals surface area contributed by atoms with Gasteiger partial charge < -0.3 is 15.1 Å². The standard InChI is InChI=1S/C16H28N4OS/c1-12(2)16-18-13(11-22-16)5-6-17-15(21)9-14-10-19(3)7-8-20(14)4/h11-12,14H,5-10H2,1-4H3,(H,17,21)/t14-/m1/s1. The molecule has 0 aromatic carbocycles. The highest BCUT2D eigenvalue weighted by atomic mass is 32.1. The lowest BCUT2D eigenvalue weighted by molar-refractivity contribution is -0.122. The van der Waals surface area contributed by atoms with Crippen LogP contribution < -0.4 is 5.32 Å². The van der Waals surface area contributed by atoms with Crippen molar-refractivity contribution >= 4 is 17.2 Å². The normalized spacial score (nSPS) is 20.5. The molecule has 1 saturated heterocycles. The van der Waals surface area contributed by atoms with Crippen LogP contribution in [0.5, 0.6) is 0 Å². The molecule has 0 unspecified atom stereocenters. The van der Waals surface area contributed by atoms with Gasteiger partial charge in [-0.1, -0.05) is 13.8 Å². The Morgan fingerprint density at radius 1 is 1.45 bits per heavy atom. The molecule has 0 radical (unpaired) electrons. The molecule has 22 heavy (non-hydrogen) atoms. The Morgan fingerprint density at radius 3 is 2.91 bits per heavy atom. The van der Waals surface area contributed by atoms with Gasteiger partial charge in [-0.25, -0.2) is 4.98 Å². The zero-order valence-corrected chi connectivity index (χ0v) is 14.9. The van der Waals surface area contributed by atoms with Crippen LogP contribution >= 0.6 is 11.3 Å². The third-order valence-electron chi connectivity index (χ3n) is 4.17. The number of aromatic nitrogens is 1. The van der Waals surface area contributed by atoms with Gasteiger partial charge in [-0.05, 0) is 14.1 Å². The molecule has 1 aromatic heterocycles. The van der Waals surface area contributed by atoms with Crippen LogP contribution in [0.4, 0.5) is 0 Å². The number of hydrogen-bond acceptors (Lipinski definition) is 5. The largest absolute Gasteiger partial charge is 0.356 e. The van der Waals surface area contributed by atoms with Gasteiger partial charge in [0.2, 0.25) is 5.91 Å². The van der Waals surface area contributed by atoms with Crippen LogP contribution in [0.2, 0.25) is 0 Å². The summed E-state index contributed by atoms with van der Waals surface area (Å²) in [6.45, 7) is 8.06. The highest BCUT2D eigenvalue weighted by Gasteiger charge is 2.24. The Morgan fingerprint density at radius 2 is 2.23 bits per heavy atom. The summed E-state index contributed by atoms with van der Waals surface area (Å²) in [5, 5.41) is 6.31. The van der Waals surface area contributed by atoms with Crippen LogP contribution in [0.25, 0.3) is 0 Å². The number of amides is 1. The topological polar surface area (TPSA) is 48.5 Å². The van der Waals surface area contributed by atoms with E-state index in [0.29, 0.717) is 24.9 Å². The molecule has 5 nitrogen and oxygen atoms in total. The highest BCUT2D eigenvalue weighted by molar-refractivity contribution is 7.09. The van der Waals surface area contributed by atoms with Crippen LogP contribution in [-0.2, 0) is 11.2 Å². The predicted octanol–water partition coefficient (Wildman–Crippen LogP) is 1.56. The van der Waals surface area contributed by atoms with E-state index in [1.54, 1.807) is 11.3 Å².